The number of ether oxygens (including phenoxy) is 1. The van der Waals surface area contributed by atoms with Crippen molar-refractivity contribution >= 4 is 17.5 Å². The standard InChI is InChI=1S/C12H16ClN3O/c13-6-9-7-14-12(15-8-9)16-4-5-17-11-3-1-2-10(11)16/h7-8,10-11H,1-6H2. The average Bonchev–Trinajstić information content (AvgIpc) is 2.87. The molecule has 1 saturated carbocycles. The lowest BCUT2D eigenvalue weighted by Gasteiger charge is -2.37. The highest BCUT2D eigenvalue weighted by atomic mass is 35.5. The third-order valence-corrected chi connectivity index (χ3v) is 3.89. The van der Waals surface area contributed by atoms with Gasteiger partial charge in [0.15, 0.2) is 0 Å². The quantitative estimate of drug-likeness (QED) is 0.756. The van der Waals surface area contributed by atoms with E-state index in [9.17, 15) is 0 Å². The Morgan fingerprint density at radius 3 is 2.94 bits per heavy atom. The number of morpholine rings is 1. The van der Waals surface area contributed by atoms with E-state index in [1.165, 1.54) is 19.3 Å². The summed E-state index contributed by atoms with van der Waals surface area (Å²) in [5.41, 5.74) is 0.964. The van der Waals surface area contributed by atoms with Crippen molar-refractivity contribution in [3.63, 3.8) is 0 Å². The minimum absolute atomic E-state index is 0.375. The number of nitrogens with zero attached hydrogens (tertiary/aromatic N) is 3. The topological polar surface area (TPSA) is 38.2 Å². The molecule has 1 aromatic heterocycles. The Hall–Kier alpha value is -0.870. The molecule has 2 heterocycles. The predicted octanol–water partition coefficient (Wildman–Crippen LogP) is 1.97. The maximum Gasteiger partial charge on any atom is 0.225 e. The lowest BCUT2D eigenvalue weighted by molar-refractivity contribution is 0.0250. The van der Waals surface area contributed by atoms with E-state index in [0.717, 1.165) is 24.7 Å². The molecule has 2 atom stereocenters. The second kappa shape index (κ2) is 4.78. The van der Waals surface area contributed by atoms with Crippen molar-refractivity contribution in [3.05, 3.63) is 18.0 Å². The fourth-order valence-electron chi connectivity index (χ4n) is 2.74. The van der Waals surface area contributed by atoms with E-state index in [1.54, 1.807) is 0 Å². The van der Waals surface area contributed by atoms with Crippen LogP contribution in [0.4, 0.5) is 5.95 Å². The molecule has 2 aliphatic rings. The monoisotopic (exact) mass is 253 g/mol. The van der Waals surface area contributed by atoms with E-state index in [0.29, 0.717) is 18.0 Å². The van der Waals surface area contributed by atoms with Crippen LogP contribution >= 0.6 is 11.6 Å². The minimum Gasteiger partial charge on any atom is -0.374 e. The van der Waals surface area contributed by atoms with Crippen molar-refractivity contribution < 1.29 is 4.74 Å². The zero-order valence-electron chi connectivity index (χ0n) is 9.68. The van der Waals surface area contributed by atoms with Gasteiger partial charge in [-0.2, -0.15) is 0 Å². The summed E-state index contributed by atoms with van der Waals surface area (Å²) >= 11 is 5.74. The summed E-state index contributed by atoms with van der Waals surface area (Å²) in [7, 11) is 0. The van der Waals surface area contributed by atoms with Crippen molar-refractivity contribution in [2.45, 2.75) is 37.3 Å². The first-order valence-electron chi connectivity index (χ1n) is 6.13. The van der Waals surface area contributed by atoms with E-state index >= 15 is 0 Å². The summed E-state index contributed by atoms with van der Waals surface area (Å²) in [4.78, 5) is 11.1. The summed E-state index contributed by atoms with van der Waals surface area (Å²) in [6, 6.07) is 0.464. The minimum atomic E-state index is 0.375. The fourth-order valence-corrected chi connectivity index (χ4v) is 2.88. The van der Waals surface area contributed by atoms with Crippen molar-refractivity contribution in [1.29, 1.82) is 0 Å². The Morgan fingerprint density at radius 1 is 1.35 bits per heavy atom. The lowest BCUT2D eigenvalue weighted by Crippen LogP contribution is -2.49. The number of rotatable bonds is 2. The summed E-state index contributed by atoms with van der Waals surface area (Å²) in [5.74, 6) is 1.29. The molecule has 4 nitrogen and oxygen atoms in total. The maximum atomic E-state index is 5.78. The van der Waals surface area contributed by atoms with Crippen LogP contribution in [0, 0.1) is 0 Å². The SMILES string of the molecule is ClCc1cnc(N2CCOC3CCCC32)nc1. The normalized spacial score (nSPS) is 28.2. The van der Waals surface area contributed by atoms with Gasteiger partial charge in [-0.1, -0.05) is 0 Å². The highest BCUT2D eigenvalue weighted by Gasteiger charge is 2.37. The molecule has 3 rings (SSSR count). The van der Waals surface area contributed by atoms with Gasteiger partial charge in [0.25, 0.3) is 0 Å². The molecular weight excluding hydrogens is 238 g/mol. The van der Waals surface area contributed by atoms with Crippen LogP contribution in [0.15, 0.2) is 12.4 Å². The Kier molecular flexibility index (Phi) is 3.16. The number of alkyl halides is 1. The van der Waals surface area contributed by atoms with Crippen LogP contribution < -0.4 is 4.90 Å². The molecule has 0 amide bonds. The van der Waals surface area contributed by atoms with Gasteiger partial charge in [0.05, 0.1) is 24.6 Å². The molecule has 2 fully saturated rings. The molecule has 0 aromatic carbocycles. The van der Waals surface area contributed by atoms with E-state index in [4.69, 9.17) is 16.3 Å². The highest BCUT2D eigenvalue weighted by Crippen LogP contribution is 2.31. The zero-order chi connectivity index (χ0) is 11.7. The third-order valence-electron chi connectivity index (χ3n) is 3.59. The molecule has 17 heavy (non-hydrogen) atoms. The van der Waals surface area contributed by atoms with Crippen LogP contribution in [0.2, 0.25) is 0 Å². The lowest BCUT2D eigenvalue weighted by atomic mass is 10.1. The van der Waals surface area contributed by atoms with E-state index in [1.807, 2.05) is 12.4 Å². The fraction of sp³-hybridized carbons (Fsp3) is 0.667. The first-order valence-corrected chi connectivity index (χ1v) is 6.67. The molecule has 1 aliphatic heterocycles. The number of hydrogen-bond acceptors (Lipinski definition) is 4. The molecule has 0 bridgehead atoms. The molecular formula is C12H16ClN3O. The number of halogens is 1. The van der Waals surface area contributed by atoms with Crippen molar-refractivity contribution in [2.75, 3.05) is 18.1 Å². The number of aromatic nitrogens is 2. The van der Waals surface area contributed by atoms with Crippen molar-refractivity contribution in [2.24, 2.45) is 0 Å². The van der Waals surface area contributed by atoms with Crippen LogP contribution in [0.3, 0.4) is 0 Å². The Balaban J connectivity index is 1.81. The van der Waals surface area contributed by atoms with Gasteiger partial charge >= 0.3 is 0 Å². The van der Waals surface area contributed by atoms with Gasteiger partial charge in [-0.05, 0) is 19.3 Å². The average molecular weight is 254 g/mol. The number of anilines is 1. The molecule has 1 saturated heterocycles. The van der Waals surface area contributed by atoms with E-state index in [2.05, 4.69) is 14.9 Å². The van der Waals surface area contributed by atoms with Gasteiger partial charge in [-0.3, -0.25) is 0 Å². The van der Waals surface area contributed by atoms with Crippen LogP contribution in [0.5, 0.6) is 0 Å². The molecule has 1 aliphatic carbocycles. The van der Waals surface area contributed by atoms with Crippen LogP contribution in [-0.2, 0) is 10.6 Å². The second-order valence-corrected chi connectivity index (χ2v) is 4.89. The van der Waals surface area contributed by atoms with Crippen LogP contribution in [0.25, 0.3) is 0 Å². The van der Waals surface area contributed by atoms with Gasteiger partial charge in [-0.25, -0.2) is 9.97 Å². The van der Waals surface area contributed by atoms with Crippen LogP contribution in [0.1, 0.15) is 24.8 Å². The summed E-state index contributed by atoms with van der Waals surface area (Å²) < 4.78 is 5.78. The Bertz CT molecular complexity index is 384. The molecule has 2 unspecified atom stereocenters. The van der Waals surface area contributed by atoms with Crippen LogP contribution in [-0.4, -0.2) is 35.3 Å². The number of fused-ring (bicyclic) bond motifs is 1. The highest BCUT2D eigenvalue weighted by molar-refractivity contribution is 6.17. The van der Waals surface area contributed by atoms with E-state index in [-0.39, 0.29) is 0 Å². The summed E-state index contributed by atoms with van der Waals surface area (Å²) in [5, 5.41) is 0. The number of hydrogen-bond donors (Lipinski definition) is 0. The van der Waals surface area contributed by atoms with Gasteiger partial charge in [-0.15, -0.1) is 11.6 Å². The zero-order valence-corrected chi connectivity index (χ0v) is 10.4. The first kappa shape index (κ1) is 11.2. The predicted molar refractivity (Wildman–Crippen MR) is 66.3 cm³/mol. The van der Waals surface area contributed by atoms with Gasteiger partial charge in [0.1, 0.15) is 0 Å². The second-order valence-electron chi connectivity index (χ2n) is 4.63. The Labute approximate surface area is 106 Å². The maximum absolute atomic E-state index is 5.78. The van der Waals surface area contributed by atoms with Gasteiger partial charge in [0.2, 0.25) is 5.95 Å². The third kappa shape index (κ3) is 2.11. The molecule has 0 spiro atoms. The molecule has 1 aromatic rings. The molecule has 92 valence electrons. The van der Waals surface area contributed by atoms with E-state index < -0.39 is 0 Å². The summed E-state index contributed by atoms with van der Waals surface area (Å²) in [6.07, 6.45) is 7.60. The Morgan fingerprint density at radius 2 is 2.18 bits per heavy atom. The largest absolute Gasteiger partial charge is 0.374 e. The van der Waals surface area contributed by atoms with Gasteiger partial charge < -0.3 is 9.64 Å². The molecule has 5 heteroatoms. The first-order chi connectivity index (χ1) is 8.38. The summed E-state index contributed by atoms with van der Waals surface area (Å²) in [6.45, 7) is 1.67. The van der Waals surface area contributed by atoms with Crippen molar-refractivity contribution in [3.8, 4) is 0 Å². The van der Waals surface area contributed by atoms with Gasteiger partial charge in [0, 0.05) is 24.5 Å². The van der Waals surface area contributed by atoms with Crippen molar-refractivity contribution in [1.82, 2.24) is 9.97 Å². The molecule has 0 radical (unpaired) electrons. The smallest absolute Gasteiger partial charge is 0.225 e. The molecule has 0 N–H and O–H groups in total.